The highest BCUT2D eigenvalue weighted by Crippen LogP contribution is 2.13. The Morgan fingerprint density at radius 2 is 1.92 bits per heavy atom. The van der Waals surface area contributed by atoms with Crippen molar-refractivity contribution in [2.75, 3.05) is 13.2 Å². The fourth-order valence-corrected chi connectivity index (χ4v) is 2.23. The van der Waals surface area contributed by atoms with E-state index in [4.69, 9.17) is 16.3 Å². The molecule has 7 nitrogen and oxygen atoms in total. The van der Waals surface area contributed by atoms with Crippen LogP contribution in [0.3, 0.4) is 0 Å². The molecule has 0 radical (unpaired) electrons. The molecule has 1 heterocycles. The van der Waals surface area contributed by atoms with Crippen LogP contribution in [0.2, 0.25) is 5.02 Å². The van der Waals surface area contributed by atoms with Crippen LogP contribution >= 0.6 is 11.6 Å². The lowest BCUT2D eigenvalue weighted by molar-refractivity contribution is -0.124. The van der Waals surface area contributed by atoms with Crippen molar-refractivity contribution in [2.24, 2.45) is 5.92 Å². The number of benzene rings is 1. The fraction of sp³-hybridized carbons (Fsp3) is 0.333. The first-order chi connectivity index (χ1) is 12.3. The van der Waals surface area contributed by atoms with Gasteiger partial charge in [-0.2, -0.15) is 5.10 Å². The Morgan fingerprint density at radius 3 is 2.54 bits per heavy atom. The maximum Gasteiger partial charge on any atom is 0.363 e. The maximum absolute atomic E-state index is 12.2. The normalized spacial score (nSPS) is 10.7. The molecule has 1 aromatic carbocycles. The molecule has 1 N–H and O–H groups in total. The second-order valence-corrected chi connectivity index (χ2v) is 6.60. The summed E-state index contributed by atoms with van der Waals surface area (Å²) in [6.45, 7) is 5.59. The zero-order chi connectivity index (χ0) is 19.3. The average Bonchev–Trinajstić information content (AvgIpc) is 2.59. The number of hydrogen-bond acceptors (Lipinski definition) is 5. The highest BCUT2D eigenvalue weighted by molar-refractivity contribution is 6.30. The second-order valence-electron chi connectivity index (χ2n) is 6.16. The Balaban J connectivity index is 2.17. The van der Waals surface area contributed by atoms with Crippen LogP contribution in [0, 0.1) is 12.8 Å². The lowest BCUT2D eigenvalue weighted by Gasteiger charge is -2.11. The zero-order valence-corrected chi connectivity index (χ0v) is 15.5. The van der Waals surface area contributed by atoms with E-state index in [1.807, 2.05) is 13.8 Å². The summed E-state index contributed by atoms with van der Waals surface area (Å²) in [6, 6.07) is 8.06. The van der Waals surface area contributed by atoms with Gasteiger partial charge in [-0.05, 0) is 37.1 Å². The van der Waals surface area contributed by atoms with Crippen LogP contribution in [-0.4, -0.2) is 34.8 Å². The number of amides is 1. The quantitative estimate of drug-likeness (QED) is 0.779. The van der Waals surface area contributed by atoms with Crippen molar-refractivity contribution in [3.8, 4) is 5.69 Å². The number of hydrogen-bond donors (Lipinski definition) is 1. The lowest BCUT2D eigenvalue weighted by atomic mass is 10.2. The van der Waals surface area contributed by atoms with Crippen LogP contribution in [0.5, 0.6) is 0 Å². The summed E-state index contributed by atoms with van der Waals surface area (Å²) in [7, 11) is 0. The number of nitrogens with one attached hydrogen (secondary N) is 1. The van der Waals surface area contributed by atoms with Crippen LogP contribution in [0.1, 0.15) is 30.0 Å². The number of carbonyl (C=O) groups excluding carboxylic acids is 2. The summed E-state index contributed by atoms with van der Waals surface area (Å²) in [4.78, 5) is 35.9. The molecule has 2 rings (SSSR count). The molecule has 1 amide bonds. The largest absolute Gasteiger partial charge is 0.451 e. The van der Waals surface area contributed by atoms with Crippen LogP contribution < -0.4 is 10.7 Å². The molecule has 0 saturated carbocycles. The van der Waals surface area contributed by atoms with Gasteiger partial charge < -0.3 is 10.1 Å². The number of carbonyl (C=O) groups is 2. The van der Waals surface area contributed by atoms with Crippen LogP contribution in [0.15, 0.2) is 35.1 Å². The summed E-state index contributed by atoms with van der Waals surface area (Å²) < 4.78 is 6.34. The van der Waals surface area contributed by atoms with Gasteiger partial charge in [-0.1, -0.05) is 25.4 Å². The number of rotatable bonds is 6. The van der Waals surface area contributed by atoms with Crippen molar-refractivity contribution >= 4 is 23.5 Å². The first-order valence-corrected chi connectivity index (χ1v) is 8.46. The number of esters is 1. The molecule has 0 spiro atoms. The van der Waals surface area contributed by atoms with Crippen LogP contribution in [0.25, 0.3) is 5.69 Å². The molecule has 2 aromatic rings. The molecule has 0 aliphatic heterocycles. The predicted octanol–water partition coefficient (Wildman–Crippen LogP) is 2.12. The molecule has 0 saturated heterocycles. The SMILES string of the molecule is Cc1cc(=O)c(C(=O)OCC(=O)NCC(C)C)nn1-c1ccc(Cl)cc1. The van der Waals surface area contributed by atoms with E-state index < -0.39 is 23.9 Å². The Hall–Kier alpha value is -2.67. The minimum absolute atomic E-state index is 0.278. The minimum atomic E-state index is -0.947. The summed E-state index contributed by atoms with van der Waals surface area (Å²) in [5.74, 6) is -1.10. The summed E-state index contributed by atoms with van der Waals surface area (Å²) in [5.41, 5.74) is 0.224. The molecular formula is C18H20ClN3O4. The maximum atomic E-state index is 12.2. The molecule has 8 heteroatoms. The predicted molar refractivity (Wildman–Crippen MR) is 97.7 cm³/mol. The molecule has 26 heavy (non-hydrogen) atoms. The Kier molecular flexibility index (Phi) is 6.52. The zero-order valence-electron chi connectivity index (χ0n) is 14.8. The summed E-state index contributed by atoms with van der Waals surface area (Å²) in [5, 5.41) is 7.26. The molecule has 0 fully saturated rings. The van der Waals surface area contributed by atoms with Gasteiger partial charge in [0.25, 0.3) is 5.91 Å². The van der Waals surface area contributed by atoms with Gasteiger partial charge >= 0.3 is 5.97 Å². The fourth-order valence-electron chi connectivity index (χ4n) is 2.10. The minimum Gasteiger partial charge on any atom is -0.451 e. The van der Waals surface area contributed by atoms with Gasteiger partial charge in [0.1, 0.15) is 0 Å². The van der Waals surface area contributed by atoms with E-state index in [1.165, 1.54) is 10.7 Å². The number of ether oxygens (including phenoxy) is 1. The molecule has 138 valence electrons. The number of aryl methyl sites for hydroxylation is 1. The van der Waals surface area contributed by atoms with Gasteiger partial charge in [0, 0.05) is 23.3 Å². The van der Waals surface area contributed by atoms with Crippen molar-refractivity contribution < 1.29 is 14.3 Å². The van der Waals surface area contributed by atoms with Gasteiger partial charge in [-0.25, -0.2) is 9.48 Å². The molecule has 0 bridgehead atoms. The molecule has 0 aliphatic carbocycles. The molecule has 1 aromatic heterocycles. The van der Waals surface area contributed by atoms with Gasteiger partial charge in [0.05, 0.1) is 5.69 Å². The standard InChI is InChI=1S/C18H20ClN3O4/c1-11(2)9-20-16(24)10-26-18(25)17-15(23)8-12(3)22(21-17)14-6-4-13(19)5-7-14/h4-8,11H,9-10H2,1-3H3,(H,20,24). The van der Waals surface area contributed by atoms with E-state index in [1.54, 1.807) is 31.2 Å². The summed E-state index contributed by atoms with van der Waals surface area (Å²) in [6.07, 6.45) is 0. The second kappa shape index (κ2) is 8.62. The average molecular weight is 378 g/mol. The molecule has 0 aliphatic rings. The smallest absolute Gasteiger partial charge is 0.363 e. The number of aromatic nitrogens is 2. The Bertz CT molecular complexity index is 860. The van der Waals surface area contributed by atoms with E-state index in [-0.39, 0.29) is 11.6 Å². The van der Waals surface area contributed by atoms with Crippen molar-refractivity contribution in [1.29, 1.82) is 0 Å². The summed E-state index contributed by atoms with van der Waals surface area (Å²) >= 11 is 5.87. The van der Waals surface area contributed by atoms with Crippen LogP contribution in [-0.2, 0) is 9.53 Å². The van der Waals surface area contributed by atoms with Crippen molar-refractivity contribution in [2.45, 2.75) is 20.8 Å². The third-order valence-electron chi connectivity index (χ3n) is 3.41. The van der Waals surface area contributed by atoms with Crippen molar-refractivity contribution in [3.63, 3.8) is 0 Å². The van der Waals surface area contributed by atoms with Crippen molar-refractivity contribution in [3.05, 3.63) is 57.0 Å². The molecule has 0 atom stereocenters. The van der Waals surface area contributed by atoms with Gasteiger partial charge in [-0.3, -0.25) is 9.59 Å². The Labute approximate surface area is 155 Å². The van der Waals surface area contributed by atoms with Crippen LogP contribution in [0.4, 0.5) is 0 Å². The first-order valence-electron chi connectivity index (χ1n) is 8.08. The third kappa shape index (κ3) is 5.16. The number of nitrogens with zero attached hydrogens (tertiary/aromatic N) is 2. The van der Waals surface area contributed by atoms with Gasteiger partial charge in [0.2, 0.25) is 11.1 Å². The Morgan fingerprint density at radius 1 is 1.27 bits per heavy atom. The van der Waals surface area contributed by atoms with E-state index in [2.05, 4.69) is 10.4 Å². The van der Waals surface area contributed by atoms with E-state index >= 15 is 0 Å². The van der Waals surface area contributed by atoms with E-state index in [0.29, 0.717) is 22.9 Å². The first kappa shape index (κ1) is 19.7. The van der Waals surface area contributed by atoms with E-state index in [0.717, 1.165) is 0 Å². The van der Waals surface area contributed by atoms with Crippen molar-refractivity contribution in [1.82, 2.24) is 15.1 Å². The third-order valence-corrected chi connectivity index (χ3v) is 3.67. The topological polar surface area (TPSA) is 90.3 Å². The molecule has 0 unspecified atom stereocenters. The highest BCUT2D eigenvalue weighted by Gasteiger charge is 2.18. The van der Waals surface area contributed by atoms with Gasteiger partial charge in [0.15, 0.2) is 6.61 Å². The lowest BCUT2D eigenvalue weighted by Crippen LogP contribution is -2.32. The van der Waals surface area contributed by atoms with Gasteiger partial charge in [-0.15, -0.1) is 0 Å². The molecular weight excluding hydrogens is 358 g/mol. The van der Waals surface area contributed by atoms with E-state index in [9.17, 15) is 14.4 Å². The monoisotopic (exact) mass is 377 g/mol. The highest BCUT2D eigenvalue weighted by atomic mass is 35.5. The number of halogens is 1.